The zero-order chi connectivity index (χ0) is 16.4. The Morgan fingerprint density at radius 2 is 1.83 bits per heavy atom. The smallest absolute Gasteiger partial charge is 0.280 e. The van der Waals surface area contributed by atoms with Crippen LogP contribution in [-0.2, 0) is 6.54 Å². The number of nitrogens with zero attached hydrogens (tertiary/aromatic N) is 1. The lowest BCUT2D eigenvalue weighted by Gasteiger charge is -2.13. The SMILES string of the molecule is O=C(NO)c1cn(Cc2ccc(F)cc2)c2ccccc2c1=O. The molecule has 0 radical (unpaired) electrons. The standard InChI is InChI=1S/C17H13FN2O3/c18-12-7-5-11(6-8-12)9-20-10-14(17(22)19-23)16(21)13-3-1-2-4-15(13)20/h1-8,10,23H,9H2,(H,19,22). The van der Waals surface area contributed by atoms with Crippen molar-refractivity contribution in [2.75, 3.05) is 0 Å². The third-order valence-electron chi connectivity index (χ3n) is 3.60. The fraction of sp³-hybridized carbons (Fsp3) is 0.0588. The van der Waals surface area contributed by atoms with Crippen molar-refractivity contribution in [2.45, 2.75) is 6.54 Å². The van der Waals surface area contributed by atoms with Gasteiger partial charge in [-0.3, -0.25) is 14.8 Å². The molecule has 2 N–H and O–H groups in total. The number of hydrogen-bond acceptors (Lipinski definition) is 3. The molecule has 1 heterocycles. The van der Waals surface area contributed by atoms with Gasteiger partial charge in [-0.1, -0.05) is 24.3 Å². The number of amides is 1. The van der Waals surface area contributed by atoms with Crippen LogP contribution in [-0.4, -0.2) is 15.7 Å². The Bertz CT molecular complexity index is 933. The number of aromatic nitrogens is 1. The zero-order valence-corrected chi connectivity index (χ0v) is 12.0. The number of pyridine rings is 1. The number of rotatable bonds is 3. The average molecular weight is 312 g/mol. The molecule has 0 fully saturated rings. The molecule has 0 bridgehead atoms. The number of fused-ring (bicyclic) bond motifs is 1. The van der Waals surface area contributed by atoms with Gasteiger partial charge in [0.05, 0.1) is 5.52 Å². The van der Waals surface area contributed by atoms with E-state index in [1.54, 1.807) is 41.0 Å². The number of carbonyl (C=O) groups excluding carboxylic acids is 1. The van der Waals surface area contributed by atoms with Gasteiger partial charge in [0.2, 0.25) is 5.43 Å². The van der Waals surface area contributed by atoms with Crippen molar-refractivity contribution in [1.82, 2.24) is 10.0 Å². The third kappa shape index (κ3) is 2.84. The first kappa shape index (κ1) is 14.9. The Morgan fingerprint density at radius 1 is 1.13 bits per heavy atom. The van der Waals surface area contributed by atoms with Crippen molar-refractivity contribution in [3.8, 4) is 0 Å². The first-order valence-corrected chi connectivity index (χ1v) is 6.91. The zero-order valence-electron chi connectivity index (χ0n) is 12.0. The lowest BCUT2D eigenvalue weighted by molar-refractivity contribution is 0.0704. The molecule has 1 aromatic heterocycles. The molecule has 0 saturated heterocycles. The van der Waals surface area contributed by atoms with Crippen LogP contribution in [0.15, 0.2) is 59.5 Å². The van der Waals surface area contributed by atoms with E-state index in [1.807, 2.05) is 0 Å². The van der Waals surface area contributed by atoms with Crippen molar-refractivity contribution < 1.29 is 14.4 Å². The first-order chi connectivity index (χ1) is 11.1. The number of para-hydroxylation sites is 1. The molecule has 23 heavy (non-hydrogen) atoms. The normalized spacial score (nSPS) is 10.7. The lowest BCUT2D eigenvalue weighted by Crippen LogP contribution is -2.27. The number of hydroxylamine groups is 1. The highest BCUT2D eigenvalue weighted by atomic mass is 19.1. The molecular formula is C17H13FN2O3. The van der Waals surface area contributed by atoms with Gasteiger partial charge < -0.3 is 4.57 Å². The molecule has 0 unspecified atom stereocenters. The molecule has 0 spiro atoms. The van der Waals surface area contributed by atoms with Crippen LogP contribution < -0.4 is 10.9 Å². The monoisotopic (exact) mass is 312 g/mol. The van der Waals surface area contributed by atoms with Crippen molar-refractivity contribution in [1.29, 1.82) is 0 Å². The summed E-state index contributed by atoms with van der Waals surface area (Å²) in [5, 5.41) is 9.18. The molecule has 3 aromatic rings. The van der Waals surface area contributed by atoms with Gasteiger partial charge in [0.15, 0.2) is 0 Å². The topological polar surface area (TPSA) is 71.3 Å². The predicted molar refractivity (Wildman–Crippen MR) is 83.0 cm³/mol. The molecule has 0 atom stereocenters. The van der Waals surface area contributed by atoms with E-state index < -0.39 is 11.3 Å². The summed E-state index contributed by atoms with van der Waals surface area (Å²) < 4.78 is 14.7. The molecule has 0 aliphatic heterocycles. The number of hydrogen-bond donors (Lipinski definition) is 2. The summed E-state index contributed by atoms with van der Waals surface area (Å²) in [5.74, 6) is -1.20. The average Bonchev–Trinajstić information content (AvgIpc) is 2.58. The minimum Gasteiger partial charge on any atom is -0.342 e. The molecule has 0 aliphatic rings. The predicted octanol–water partition coefficient (Wildman–Crippen LogP) is 2.31. The number of benzene rings is 2. The summed E-state index contributed by atoms with van der Waals surface area (Å²) in [6, 6.07) is 12.8. The van der Waals surface area contributed by atoms with E-state index in [1.165, 1.54) is 23.8 Å². The second kappa shape index (κ2) is 6.02. The van der Waals surface area contributed by atoms with Crippen LogP contribution >= 0.6 is 0 Å². The van der Waals surface area contributed by atoms with E-state index in [-0.39, 0.29) is 11.4 Å². The van der Waals surface area contributed by atoms with E-state index in [4.69, 9.17) is 5.21 Å². The molecular weight excluding hydrogens is 299 g/mol. The minimum atomic E-state index is -0.867. The number of halogens is 1. The van der Waals surface area contributed by atoms with Gasteiger partial charge in [0, 0.05) is 18.1 Å². The fourth-order valence-corrected chi connectivity index (χ4v) is 2.48. The summed E-state index contributed by atoms with van der Waals surface area (Å²) >= 11 is 0. The molecule has 116 valence electrons. The molecule has 1 amide bonds. The Hall–Kier alpha value is -2.99. The highest BCUT2D eigenvalue weighted by Gasteiger charge is 2.14. The molecule has 6 heteroatoms. The maximum Gasteiger partial charge on any atom is 0.280 e. The number of carbonyl (C=O) groups is 1. The van der Waals surface area contributed by atoms with Gasteiger partial charge in [-0.25, -0.2) is 9.87 Å². The first-order valence-electron chi connectivity index (χ1n) is 6.91. The van der Waals surface area contributed by atoms with Gasteiger partial charge in [-0.15, -0.1) is 0 Å². The summed E-state index contributed by atoms with van der Waals surface area (Å²) in [6.45, 7) is 0.354. The van der Waals surface area contributed by atoms with Gasteiger partial charge in [-0.05, 0) is 29.8 Å². The second-order valence-corrected chi connectivity index (χ2v) is 5.08. The quantitative estimate of drug-likeness (QED) is 0.576. The van der Waals surface area contributed by atoms with Crippen molar-refractivity contribution in [2.24, 2.45) is 0 Å². The van der Waals surface area contributed by atoms with Crippen LogP contribution in [0.5, 0.6) is 0 Å². The maximum atomic E-state index is 13.0. The van der Waals surface area contributed by atoms with Gasteiger partial charge in [0.25, 0.3) is 5.91 Å². The highest BCUT2D eigenvalue weighted by Crippen LogP contribution is 2.14. The van der Waals surface area contributed by atoms with E-state index in [0.717, 1.165) is 5.56 Å². The Morgan fingerprint density at radius 3 is 2.52 bits per heavy atom. The summed E-state index contributed by atoms with van der Waals surface area (Å²) in [4.78, 5) is 24.0. The van der Waals surface area contributed by atoms with Crippen LogP contribution in [0, 0.1) is 5.82 Å². The van der Waals surface area contributed by atoms with Crippen LogP contribution in [0.2, 0.25) is 0 Å². The van der Waals surface area contributed by atoms with Crippen molar-refractivity contribution >= 4 is 16.8 Å². The van der Waals surface area contributed by atoms with Crippen LogP contribution in [0.4, 0.5) is 4.39 Å². The maximum absolute atomic E-state index is 13.0. The lowest BCUT2D eigenvalue weighted by atomic mass is 10.1. The van der Waals surface area contributed by atoms with Gasteiger partial charge in [0.1, 0.15) is 11.4 Å². The van der Waals surface area contributed by atoms with E-state index in [0.29, 0.717) is 17.4 Å². The Balaban J connectivity index is 2.18. The Labute approximate surface area is 130 Å². The van der Waals surface area contributed by atoms with Crippen LogP contribution in [0.3, 0.4) is 0 Å². The van der Waals surface area contributed by atoms with Gasteiger partial charge in [-0.2, -0.15) is 0 Å². The summed E-state index contributed by atoms with van der Waals surface area (Å²) in [7, 11) is 0. The molecule has 2 aromatic carbocycles. The third-order valence-corrected chi connectivity index (χ3v) is 3.60. The van der Waals surface area contributed by atoms with E-state index >= 15 is 0 Å². The summed E-state index contributed by atoms with van der Waals surface area (Å²) in [6.07, 6.45) is 1.39. The molecule has 0 aliphatic carbocycles. The highest BCUT2D eigenvalue weighted by molar-refractivity contribution is 5.96. The van der Waals surface area contributed by atoms with E-state index in [2.05, 4.69) is 0 Å². The van der Waals surface area contributed by atoms with E-state index in [9.17, 15) is 14.0 Å². The summed E-state index contributed by atoms with van der Waals surface area (Å²) in [5.41, 5.74) is 2.33. The molecule has 5 nitrogen and oxygen atoms in total. The molecule has 3 rings (SSSR count). The van der Waals surface area contributed by atoms with Gasteiger partial charge >= 0.3 is 0 Å². The Kier molecular flexibility index (Phi) is 3.91. The van der Waals surface area contributed by atoms with Crippen LogP contribution in [0.25, 0.3) is 10.9 Å². The second-order valence-electron chi connectivity index (χ2n) is 5.08. The van der Waals surface area contributed by atoms with Crippen LogP contribution in [0.1, 0.15) is 15.9 Å². The minimum absolute atomic E-state index is 0.159. The van der Waals surface area contributed by atoms with Crippen molar-refractivity contribution in [3.05, 3.63) is 81.9 Å². The number of nitrogens with one attached hydrogen (secondary N) is 1. The fourth-order valence-electron chi connectivity index (χ4n) is 2.48. The van der Waals surface area contributed by atoms with Crippen molar-refractivity contribution in [3.63, 3.8) is 0 Å². The largest absolute Gasteiger partial charge is 0.342 e. The molecule has 0 saturated carbocycles.